The SMILES string of the molecule is COc1ccccc1C(CC=C=O)NC(C)=O. The molecule has 0 heterocycles. The minimum atomic E-state index is -0.273. The third-order valence-electron chi connectivity index (χ3n) is 2.33. The molecular weight excluding hydrogens is 218 g/mol. The second-order valence-electron chi connectivity index (χ2n) is 3.55. The fourth-order valence-electron chi connectivity index (χ4n) is 1.63. The molecule has 0 aliphatic carbocycles. The predicted molar refractivity (Wildman–Crippen MR) is 64.4 cm³/mol. The summed E-state index contributed by atoms with van der Waals surface area (Å²) in [4.78, 5) is 21.4. The molecule has 0 bridgehead atoms. The van der Waals surface area contributed by atoms with Gasteiger partial charge in [0.05, 0.1) is 13.2 Å². The minimum absolute atomic E-state index is 0.153. The molecule has 0 saturated heterocycles. The average molecular weight is 233 g/mol. The number of hydrogen-bond acceptors (Lipinski definition) is 3. The largest absolute Gasteiger partial charge is 0.496 e. The van der Waals surface area contributed by atoms with Gasteiger partial charge in [-0.2, -0.15) is 0 Å². The van der Waals surface area contributed by atoms with Crippen LogP contribution < -0.4 is 10.1 Å². The smallest absolute Gasteiger partial charge is 0.217 e. The van der Waals surface area contributed by atoms with E-state index in [1.807, 2.05) is 24.3 Å². The lowest BCUT2D eigenvalue weighted by Gasteiger charge is -2.18. The Morgan fingerprint density at radius 1 is 1.53 bits per heavy atom. The number of ether oxygens (including phenoxy) is 1. The Balaban J connectivity index is 3.01. The molecular formula is C13H15NO3. The highest BCUT2D eigenvalue weighted by molar-refractivity contribution is 5.73. The number of nitrogens with one attached hydrogen (secondary N) is 1. The monoisotopic (exact) mass is 233 g/mol. The Kier molecular flexibility index (Phi) is 4.98. The normalized spacial score (nSPS) is 11.2. The van der Waals surface area contributed by atoms with Gasteiger partial charge in [0.1, 0.15) is 11.7 Å². The highest BCUT2D eigenvalue weighted by Gasteiger charge is 2.15. The van der Waals surface area contributed by atoms with Crippen molar-refractivity contribution in [3.05, 3.63) is 35.9 Å². The molecule has 1 aromatic carbocycles. The molecule has 1 amide bonds. The summed E-state index contributed by atoms with van der Waals surface area (Å²) in [5, 5.41) is 2.78. The molecule has 1 N–H and O–H groups in total. The van der Waals surface area contributed by atoms with Gasteiger partial charge in [-0.15, -0.1) is 0 Å². The number of amides is 1. The van der Waals surface area contributed by atoms with E-state index in [1.54, 1.807) is 13.1 Å². The topological polar surface area (TPSA) is 55.4 Å². The van der Waals surface area contributed by atoms with Gasteiger partial charge in [0.2, 0.25) is 5.91 Å². The van der Waals surface area contributed by atoms with E-state index in [1.165, 1.54) is 13.0 Å². The molecule has 0 radical (unpaired) electrons. The fourth-order valence-corrected chi connectivity index (χ4v) is 1.63. The zero-order chi connectivity index (χ0) is 12.7. The van der Waals surface area contributed by atoms with E-state index in [4.69, 9.17) is 4.74 Å². The molecule has 1 aromatic rings. The summed E-state index contributed by atoms with van der Waals surface area (Å²) in [6.45, 7) is 1.44. The van der Waals surface area contributed by atoms with Crippen molar-refractivity contribution in [1.29, 1.82) is 0 Å². The summed E-state index contributed by atoms with van der Waals surface area (Å²) < 4.78 is 5.22. The van der Waals surface area contributed by atoms with Crippen LogP contribution in [0, 0.1) is 0 Å². The zero-order valence-corrected chi connectivity index (χ0v) is 9.90. The first-order valence-corrected chi connectivity index (χ1v) is 5.28. The van der Waals surface area contributed by atoms with Crippen LogP contribution >= 0.6 is 0 Å². The lowest BCUT2D eigenvalue weighted by atomic mass is 10.0. The van der Waals surface area contributed by atoms with Crippen molar-refractivity contribution in [2.45, 2.75) is 19.4 Å². The van der Waals surface area contributed by atoms with Crippen LogP contribution in [0.25, 0.3) is 0 Å². The van der Waals surface area contributed by atoms with Gasteiger partial charge in [0.25, 0.3) is 0 Å². The summed E-state index contributed by atoms with van der Waals surface area (Å²) in [6, 6.07) is 7.11. The summed E-state index contributed by atoms with van der Waals surface area (Å²) in [5.41, 5.74) is 0.844. The van der Waals surface area contributed by atoms with Gasteiger partial charge in [0, 0.05) is 25.0 Å². The summed E-state index contributed by atoms with van der Waals surface area (Å²) in [6.07, 6.45) is 1.75. The van der Waals surface area contributed by atoms with Gasteiger partial charge in [-0.05, 0) is 6.07 Å². The van der Waals surface area contributed by atoms with Gasteiger partial charge in [-0.3, -0.25) is 4.79 Å². The minimum Gasteiger partial charge on any atom is -0.496 e. The number of rotatable bonds is 5. The predicted octanol–water partition coefficient (Wildman–Crippen LogP) is 1.65. The molecule has 0 saturated carbocycles. The first-order valence-electron chi connectivity index (χ1n) is 5.28. The maximum Gasteiger partial charge on any atom is 0.217 e. The Morgan fingerprint density at radius 3 is 2.82 bits per heavy atom. The molecule has 0 aliphatic heterocycles. The maximum absolute atomic E-state index is 11.1. The van der Waals surface area contributed by atoms with Crippen molar-refractivity contribution >= 4 is 11.8 Å². The van der Waals surface area contributed by atoms with E-state index >= 15 is 0 Å². The Morgan fingerprint density at radius 2 is 2.24 bits per heavy atom. The van der Waals surface area contributed by atoms with Crippen LogP contribution in [-0.4, -0.2) is 19.0 Å². The van der Waals surface area contributed by atoms with E-state index < -0.39 is 0 Å². The van der Waals surface area contributed by atoms with Crippen molar-refractivity contribution in [2.24, 2.45) is 0 Å². The average Bonchev–Trinajstić information content (AvgIpc) is 2.34. The van der Waals surface area contributed by atoms with E-state index in [2.05, 4.69) is 5.32 Å². The van der Waals surface area contributed by atoms with Crippen LogP contribution in [0.5, 0.6) is 5.75 Å². The molecule has 0 fully saturated rings. The van der Waals surface area contributed by atoms with Crippen molar-refractivity contribution in [3.63, 3.8) is 0 Å². The molecule has 1 unspecified atom stereocenters. The first kappa shape index (κ1) is 13.0. The maximum atomic E-state index is 11.1. The molecule has 4 nitrogen and oxygen atoms in total. The quantitative estimate of drug-likeness (QED) is 0.787. The van der Waals surface area contributed by atoms with Crippen molar-refractivity contribution in [1.82, 2.24) is 5.32 Å². The van der Waals surface area contributed by atoms with Crippen LogP contribution in [0.3, 0.4) is 0 Å². The molecule has 0 spiro atoms. The molecule has 90 valence electrons. The zero-order valence-electron chi connectivity index (χ0n) is 9.90. The van der Waals surface area contributed by atoms with Crippen LogP contribution in [-0.2, 0) is 9.59 Å². The van der Waals surface area contributed by atoms with E-state index in [0.717, 1.165) is 5.56 Å². The number of carbonyl (C=O) groups is 1. The van der Waals surface area contributed by atoms with Gasteiger partial charge < -0.3 is 10.1 Å². The second-order valence-corrected chi connectivity index (χ2v) is 3.55. The van der Waals surface area contributed by atoms with Gasteiger partial charge >= 0.3 is 0 Å². The van der Waals surface area contributed by atoms with Crippen LogP contribution in [0.4, 0.5) is 0 Å². The Labute approximate surface area is 100 Å². The van der Waals surface area contributed by atoms with Gasteiger partial charge in [-0.1, -0.05) is 18.2 Å². The molecule has 1 rings (SSSR count). The lowest BCUT2D eigenvalue weighted by molar-refractivity contribution is -0.119. The van der Waals surface area contributed by atoms with E-state index in [-0.39, 0.29) is 11.9 Å². The lowest BCUT2D eigenvalue weighted by Crippen LogP contribution is -2.26. The number of para-hydroxylation sites is 1. The highest BCUT2D eigenvalue weighted by Crippen LogP contribution is 2.26. The van der Waals surface area contributed by atoms with Crippen molar-refractivity contribution in [3.8, 4) is 5.75 Å². The number of methoxy groups -OCH3 is 1. The molecule has 17 heavy (non-hydrogen) atoms. The van der Waals surface area contributed by atoms with Crippen LogP contribution in [0.15, 0.2) is 30.3 Å². The highest BCUT2D eigenvalue weighted by atomic mass is 16.5. The third-order valence-corrected chi connectivity index (χ3v) is 2.33. The van der Waals surface area contributed by atoms with Crippen LogP contribution in [0.1, 0.15) is 24.9 Å². The molecule has 0 aliphatic rings. The van der Waals surface area contributed by atoms with Crippen LogP contribution in [0.2, 0.25) is 0 Å². The van der Waals surface area contributed by atoms with Crippen molar-refractivity contribution in [2.75, 3.05) is 7.11 Å². The Hall–Kier alpha value is -2.06. The molecule has 0 aromatic heterocycles. The fraction of sp³-hybridized carbons (Fsp3) is 0.308. The standard InChI is InChI=1S/C13H15NO3/c1-10(16)14-12(7-5-9-15)11-6-3-4-8-13(11)17-2/h3-6,8,12H,7H2,1-2H3,(H,14,16). The van der Waals surface area contributed by atoms with E-state index in [9.17, 15) is 9.59 Å². The summed E-state index contributed by atoms with van der Waals surface area (Å²) >= 11 is 0. The van der Waals surface area contributed by atoms with E-state index in [0.29, 0.717) is 12.2 Å². The second kappa shape index (κ2) is 6.51. The van der Waals surface area contributed by atoms with Gasteiger partial charge in [0.15, 0.2) is 0 Å². The van der Waals surface area contributed by atoms with Gasteiger partial charge in [-0.25, -0.2) is 4.79 Å². The number of benzene rings is 1. The molecule has 1 atom stereocenters. The first-order chi connectivity index (χ1) is 8.19. The summed E-state index contributed by atoms with van der Waals surface area (Å²) in [7, 11) is 1.57. The number of carbonyl (C=O) groups excluding carboxylic acids is 2. The number of hydrogen-bond donors (Lipinski definition) is 1. The van der Waals surface area contributed by atoms with Crippen molar-refractivity contribution < 1.29 is 14.3 Å². The molecule has 4 heteroatoms. The summed E-state index contributed by atoms with van der Waals surface area (Å²) in [5.74, 6) is 2.24. The third kappa shape index (κ3) is 3.78. The Bertz CT molecular complexity index is 432.